The lowest BCUT2D eigenvalue weighted by Crippen LogP contribution is -2.39. The van der Waals surface area contributed by atoms with Crippen molar-refractivity contribution in [3.63, 3.8) is 0 Å². The lowest BCUT2D eigenvalue weighted by molar-refractivity contribution is -0.140. The summed E-state index contributed by atoms with van der Waals surface area (Å²) in [5, 5.41) is 34.2. The van der Waals surface area contributed by atoms with Gasteiger partial charge in [-0.05, 0) is 47.4 Å². The van der Waals surface area contributed by atoms with Crippen LogP contribution in [0.3, 0.4) is 0 Å². The Morgan fingerprint density at radius 1 is 1.03 bits per heavy atom. The first-order valence-corrected chi connectivity index (χ1v) is 12.5. The number of carbonyl (C=O) groups is 1. The van der Waals surface area contributed by atoms with E-state index < -0.39 is 18.6 Å². The number of hydrogen-bond acceptors (Lipinski definition) is 7. The van der Waals surface area contributed by atoms with E-state index in [2.05, 4.69) is 46.8 Å². The molecule has 8 heteroatoms. The summed E-state index contributed by atoms with van der Waals surface area (Å²) in [6.45, 7) is 2.49. The molecule has 8 nitrogen and oxygen atoms in total. The number of benzene rings is 3. The highest BCUT2D eigenvalue weighted by atomic mass is 16.5. The number of ether oxygens (including phenoxy) is 1. The predicted octanol–water partition coefficient (Wildman–Crippen LogP) is 4.65. The van der Waals surface area contributed by atoms with Crippen LogP contribution in [-0.2, 0) is 24.5 Å². The van der Waals surface area contributed by atoms with Gasteiger partial charge in [-0.15, -0.1) is 0 Å². The number of aliphatic hydroxyl groups is 1. The third-order valence-electron chi connectivity index (χ3n) is 6.37. The Balaban J connectivity index is 1.53. The van der Waals surface area contributed by atoms with E-state index in [4.69, 9.17) is 10.00 Å². The molecule has 0 spiro atoms. The van der Waals surface area contributed by atoms with E-state index in [9.17, 15) is 15.0 Å². The molecule has 0 aliphatic rings. The van der Waals surface area contributed by atoms with Gasteiger partial charge in [0.05, 0.1) is 12.2 Å². The fraction of sp³-hybridized carbons (Fsp3) is 0.194. The molecule has 0 amide bonds. The van der Waals surface area contributed by atoms with E-state index in [-0.39, 0.29) is 13.2 Å². The summed E-state index contributed by atoms with van der Waals surface area (Å²) in [6.07, 6.45) is 3.12. The molecule has 0 aliphatic carbocycles. The van der Waals surface area contributed by atoms with Gasteiger partial charge in [-0.3, -0.25) is 15.1 Å². The fourth-order valence-electron chi connectivity index (χ4n) is 4.20. The minimum Gasteiger partial charge on any atom is -0.489 e. The molecule has 0 saturated carbocycles. The quantitative estimate of drug-likeness (QED) is 0.212. The number of pyridine rings is 1. The average molecular weight is 523 g/mol. The molecule has 1 aromatic heterocycles. The Labute approximate surface area is 227 Å². The van der Waals surface area contributed by atoms with Crippen LogP contribution in [0.5, 0.6) is 5.75 Å². The van der Waals surface area contributed by atoms with Crippen LogP contribution in [0, 0.1) is 18.3 Å². The van der Waals surface area contributed by atoms with Crippen LogP contribution in [0.1, 0.15) is 27.8 Å². The molecule has 198 valence electrons. The van der Waals surface area contributed by atoms with Crippen molar-refractivity contribution in [2.75, 3.05) is 11.9 Å². The third kappa shape index (κ3) is 7.20. The lowest BCUT2D eigenvalue weighted by atomic mass is 9.99. The molecule has 0 aliphatic heterocycles. The first-order valence-electron chi connectivity index (χ1n) is 12.5. The molecule has 0 unspecified atom stereocenters. The molecule has 1 heterocycles. The van der Waals surface area contributed by atoms with Crippen molar-refractivity contribution in [3.05, 3.63) is 113 Å². The number of nitrogens with one attached hydrogen (secondary N) is 2. The molecular weight excluding hydrogens is 492 g/mol. The lowest BCUT2D eigenvalue weighted by Gasteiger charge is -2.17. The molecule has 0 radical (unpaired) electrons. The summed E-state index contributed by atoms with van der Waals surface area (Å²) in [5.41, 5.74) is 7.38. The van der Waals surface area contributed by atoms with Gasteiger partial charge >= 0.3 is 5.97 Å². The standard InChI is InChI=1S/C31H30N4O4/c1-21-27(25-6-3-2-4-7-25)8-5-9-28(21)34-17-22-10-11-26(18-35-29(19-36)31(37)38)30(13-22)39-20-24-12-23(14-32)15-33-16-24/h2-13,15-16,29,34-36H,17-20H2,1H3,(H,37,38)/t29-/m1/s1. The van der Waals surface area contributed by atoms with Gasteiger partial charge in [-0.25, -0.2) is 0 Å². The normalized spacial score (nSPS) is 11.4. The summed E-state index contributed by atoms with van der Waals surface area (Å²) in [6, 6.07) is 24.9. The highest BCUT2D eigenvalue weighted by Gasteiger charge is 2.16. The number of aliphatic hydroxyl groups excluding tert-OH is 1. The van der Waals surface area contributed by atoms with E-state index in [1.54, 1.807) is 12.3 Å². The maximum absolute atomic E-state index is 11.3. The Kier molecular flexibility index (Phi) is 9.25. The van der Waals surface area contributed by atoms with Gasteiger partial charge < -0.3 is 20.3 Å². The number of nitriles is 1. The van der Waals surface area contributed by atoms with E-state index in [0.717, 1.165) is 39.1 Å². The van der Waals surface area contributed by atoms with Crippen LogP contribution in [0.2, 0.25) is 0 Å². The van der Waals surface area contributed by atoms with Crippen molar-refractivity contribution >= 4 is 11.7 Å². The number of aliphatic carboxylic acids is 1. The van der Waals surface area contributed by atoms with Gasteiger partial charge in [0.15, 0.2) is 0 Å². The second-order valence-electron chi connectivity index (χ2n) is 9.08. The van der Waals surface area contributed by atoms with Crippen molar-refractivity contribution in [3.8, 4) is 22.9 Å². The number of carboxylic acid groups (broad SMARTS) is 1. The summed E-state index contributed by atoms with van der Waals surface area (Å²) in [4.78, 5) is 15.4. The molecule has 0 fully saturated rings. The van der Waals surface area contributed by atoms with Gasteiger partial charge in [0.2, 0.25) is 0 Å². The fourth-order valence-corrected chi connectivity index (χ4v) is 4.20. The molecule has 4 aromatic rings. The largest absolute Gasteiger partial charge is 0.489 e. The van der Waals surface area contributed by atoms with E-state index in [1.165, 1.54) is 6.20 Å². The molecular formula is C31H30N4O4. The summed E-state index contributed by atoms with van der Waals surface area (Å²) in [7, 11) is 0. The first kappa shape index (κ1) is 27.3. The molecule has 39 heavy (non-hydrogen) atoms. The topological polar surface area (TPSA) is 128 Å². The number of hydrogen-bond donors (Lipinski definition) is 4. The van der Waals surface area contributed by atoms with Crippen molar-refractivity contribution < 1.29 is 19.7 Å². The van der Waals surface area contributed by atoms with Crippen molar-refractivity contribution in [2.24, 2.45) is 0 Å². The van der Waals surface area contributed by atoms with Crippen LogP contribution in [0.4, 0.5) is 5.69 Å². The van der Waals surface area contributed by atoms with Gasteiger partial charge in [0.1, 0.15) is 24.5 Å². The summed E-state index contributed by atoms with van der Waals surface area (Å²) < 4.78 is 6.12. The van der Waals surface area contributed by atoms with Crippen LogP contribution in [0.25, 0.3) is 11.1 Å². The zero-order chi connectivity index (χ0) is 27.6. The third-order valence-corrected chi connectivity index (χ3v) is 6.37. The van der Waals surface area contributed by atoms with Gasteiger partial charge in [-0.2, -0.15) is 5.26 Å². The van der Waals surface area contributed by atoms with E-state index in [1.807, 2.05) is 48.5 Å². The second kappa shape index (κ2) is 13.2. The maximum Gasteiger partial charge on any atom is 0.323 e. The van der Waals surface area contributed by atoms with Crippen molar-refractivity contribution in [1.82, 2.24) is 10.3 Å². The molecule has 4 N–H and O–H groups in total. The molecule has 1 atom stereocenters. The van der Waals surface area contributed by atoms with Gasteiger partial charge in [0, 0.05) is 42.3 Å². The SMILES string of the molecule is Cc1c(NCc2ccc(CN[C@H](CO)C(=O)O)c(OCc3cncc(C#N)c3)c2)cccc1-c1ccccc1. The molecule has 0 saturated heterocycles. The minimum atomic E-state index is -1.13. The second-order valence-corrected chi connectivity index (χ2v) is 9.08. The zero-order valence-corrected chi connectivity index (χ0v) is 21.6. The number of anilines is 1. The van der Waals surface area contributed by atoms with Crippen LogP contribution >= 0.6 is 0 Å². The van der Waals surface area contributed by atoms with Crippen LogP contribution in [0.15, 0.2) is 85.2 Å². The number of aromatic nitrogens is 1. The van der Waals surface area contributed by atoms with Crippen molar-refractivity contribution in [2.45, 2.75) is 32.7 Å². The predicted molar refractivity (Wildman–Crippen MR) is 149 cm³/mol. The first-order chi connectivity index (χ1) is 19.0. The van der Waals surface area contributed by atoms with Crippen LogP contribution in [-0.4, -0.2) is 33.8 Å². The number of nitrogens with zero attached hydrogens (tertiary/aromatic N) is 2. The number of carboxylic acids is 1. The Morgan fingerprint density at radius 3 is 2.59 bits per heavy atom. The summed E-state index contributed by atoms with van der Waals surface area (Å²) in [5.74, 6) is -0.561. The highest BCUT2D eigenvalue weighted by molar-refractivity contribution is 5.74. The Morgan fingerprint density at radius 2 is 1.85 bits per heavy atom. The Hall–Kier alpha value is -4.71. The van der Waals surface area contributed by atoms with E-state index >= 15 is 0 Å². The van der Waals surface area contributed by atoms with Gasteiger partial charge in [0.25, 0.3) is 0 Å². The number of rotatable bonds is 12. The van der Waals surface area contributed by atoms with Crippen molar-refractivity contribution in [1.29, 1.82) is 5.26 Å². The maximum atomic E-state index is 11.3. The molecule has 0 bridgehead atoms. The summed E-state index contributed by atoms with van der Waals surface area (Å²) >= 11 is 0. The molecule has 4 rings (SSSR count). The highest BCUT2D eigenvalue weighted by Crippen LogP contribution is 2.29. The Bertz CT molecular complexity index is 1470. The monoisotopic (exact) mass is 522 g/mol. The van der Waals surface area contributed by atoms with Crippen LogP contribution < -0.4 is 15.4 Å². The zero-order valence-electron chi connectivity index (χ0n) is 21.6. The van der Waals surface area contributed by atoms with Gasteiger partial charge in [-0.1, -0.05) is 54.6 Å². The smallest absolute Gasteiger partial charge is 0.323 e. The average Bonchev–Trinajstić information content (AvgIpc) is 2.97. The van der Waals surface area contributed by atoms with E-state index in [0.29, 0.717) is 17.9 Å². The molecule has 3 aromatic carbocycles. The minimum absolute atomic E-state index is 0.187.